The minimum atomic E-state index is -0.800. The number of hydrogen-bond acceptors (Lipinski definition) is 9. The minimum Gasteiger partial charge on any atom is -0.467 e. The van der Waals surface area contributed by atoms with Gasteiger partial charge in [-0.3, -0.25) is 9.32 Å². The number of para-hydroxylation sites is 1. The van der Waals surface area contributed by atoms with Crippen LogP contribution in [-0.4, -0.2) is 36.3 Å². The number of hydrazone groups is 1. The van der Waals surface area contributed by atoms with E-state index < -0.39 is 17.7 Å². The molecule has 0 aliphatic carbocycles. The molecule has 0 spiro atoms. The van der Waals surface area contributed by atoms with Crippen LogP contribution >= 0.6 is 0 Å². The smallest absolute Gasteiger partial charge is 0.442 e. The average molecular weight is 456 g/mol. The maximum atomic E-state index is 13.4. The van der Waals surface area contributed by atoms with Crippen molar-refractivity contribution in [2.24, 2.45) is 5.10 Å². The van der Waals surface area contributed by atoms with Gasteiger partial charge < -0.3 is 8.83 Å². The summed E-state index contributed by atoms with van der Waals surface area (Å²) in [6.45, 7) is -0.371. The van der Waals surface area contributed by atoms with Crippen LogP contribution in [0.1, 0.15) is 24.0 Å². The number of carbonyl (C=O) groups is 1. The summed E-state index contributed by atoms with van der Waals surface area (Å²) in [5.74, 6) is 0.0768. The zero-order chi connectivity index (χ0) is 23.1. The molecule has 0 N–H and O–H groups in total. The average Bonchev–Trinajstić information content (AvgIpc) is 3.65. The van der Waals surface area contributed by atoms with E-state index in [4.69, 9.17) is 13.4 Å². The van der Waals surface area contributed by atoms with Gasteiger partial charge in [0.2, 0.25) is 5.82 Å². The summed E-state index contributed by atoms with van der Waals surface area (Å²) in [7, 11) is 0. The highest BCUT2D eigenvalue weighted by atomic mass is 16.5. The Bertz CT molecular complexity index is 1530. The largest absolute Gasteiger partial charge is 0.467 e. The Kier molecular flexibility index (Phi) is 4.65. The number of carbonyl (C=O) groups excluding carboxylic acids is 1. The van der Waals surface area contributed by atoms with Crippen molar-refractivity contribution in [2.45, 2.75) is 19.0 Å². The maximum Gasteiger partial charge on any atom is 0.442 e. The molecular weight excluding hydrogens is 440 g/mol. The number of aromatic nitrogens is 4. The number of nitrogens with zero attached hydrogens (tertiary/aromatic N) is 6. The van der Waals surface area contributed by atoms with Crippen LogP contribution in [0.3, 0.4) is 0 Å². The molecule has 0 saturated carbocycles. The molecule has 6 rings (SSSR count). The van der Waals surface area contributed by atoms with Crippen LogP contribution in [0.25, 0.3) is 22.6 Å². The highest BCUT2D eigenvalue weighted by Crippen LogP contribution is 2.34. The van der Waals surface area contributed by atoms with Crippen LogP contribution in [0.15, 0.2) is 90.4 Å². The second-order valence-corrected chi connectivity index (χ2v) is 7.60. The molecule has 1 atom stereocenters. The van der Waals surface area contributed by atoms with Crippen molar-refractivity contribution >= 4 is 22.6 Å². The van der Waals surface area contributed by atoms with Crippen molar-refractivity contribution in [3.05, 3.63) is 89.3 Å². The van der Waals surface area contributed by atoms with E-state index in [9.17, 15) is 9.59 Å². The lowest BCUT2D eigenvalue weighted by molar-refractivity contribution is -0.134. The molecule has 1 aromatic carbocycles. The van der Waals surface area contributed by atoms with E-state index in [0.717, 1.165) is 15.5 Å². The van der Waals surface area contributed by atoms with Gasteiger partial charge in [0.25, 0.3) is 5.91 Å². The molecule has 0 fully saturated rings. The van der Waals surface area contributed by atoms with Crippen molar-refractivity contribution in [1.29, 1.82) is 0 Å². The highest BCUT2D eigenvalue weighted by molar-refractivity contribution is 6.03. The third-order valence-corrected chi connectivity index (χ3v) is 5.49. The van der Waals surface area contributed by atoms with Crippen LogP contribution in [0.5, 0.6) is 0 Å². The fraction of sp³-hybridized carbons (Fsp3) is 0.130. The van der Waals surface area contributed by atoms with E-state index in [2.05, 4.69) is 20.2 Å². The van der Waals surface area contributed by atoms with Crippen molar-refractivity contribution in [2.75, 3.05) is 0 Å². The van der Waals surface area contributed by atoms with Gasteiger partial charge in [0.15, 0.2) is 11.6 Å². The molecular formula is C23H16N6O5. The number of rotatable bonds is 5. The molecule has 11 heteroatoms. The summed E-state index contributed by atoms with van der Waals surface area (Å²) in [6, 6.07) is 14.1. The predicted octanol–water partition coefficient (Wildman–Crippen LogP) is 3.01. The molecule has 0 radical (unpaired) electrons. The molecule has 1 unspecified atom stereocenters. The quantitative estimate of drug-likeness (QED) is 0.394. The molecule has 34 heavy (non-hydrogen) atoms. The highest BCUT2D eigenvalue weighted by Gasteiger charge is 2.36. The molecule has 4 aromatic heterocycles. The van der Waals surface area contributed by atoms with Gasteiger partial charge in [-0.1, -0.05) is 23.4 Å². The number of furan rings is 2. The van der Waals surface area contributed by atoms with E-state index >= 15 is 0 Å². The van der Waals surface area contributed by atoms with Gasteiger partial charge in [-0.2, -0.15) is 5.10 Å². The van der Waals surface area contributed by atoms with Crippen LogP contribution in [0, 0.1) is 0 Å². The zero-order valence-electron chi connectivity index (χ0n) is 17.6. The van der Waals surface area contributed by atoms with Gasteiger partial charge in [-0.05, 0) is 30.3 Å². The van der Waals surface area contributed by atoms with Crippen molar-refractivity contribution in [3.8, 4) is 11.6 Å². The standard InChI is InChI=1S/C23H16N6O5/c30-20(13-28-22(27-34-23(28)31)21-24-8-4-9-25-21)29-16(18-7-3-10-32-18)12-15(26-29)19-11-14-5-1-2-6-17(14)33-19/h1-11,16H,12-13H2. The topological polar surface area (TPSA) is 133 Å². The van der Waals surface area contributed by atoms with Crippen LogP contribution in [0.2, 0.25) is 0 Å². The summed E-state index contributed by atoms with van der Waals surface area (Å²) in [6.07, 6.45) is 4.93. The third kappa shape index (κ3) is 3.39. The molecule has 5 aromatic rings. The number of benzene rings is 1. The Morgan fingerprint density at radius 1 is 1.09 bits per heavy atom. The van der Waals surface area contributed by atoms with Crippen molar-refractivity contribution in [3.63, 3.8) is 0 Å². The molecule has 5 heterocycles. The third-order valence-electron chi connectivity index (χ3n) is 5.49. The van der Waals surface area contributed by atoms with Gasteiger partial charge in [0.05, 0.1) is 6.26 Å². The Labute approximate surface area is 190 Å². The van der Waals surface area contributed by atoms with Gasteiger partial charge in [0, 0.05) is 24.2 Å². The Hall–Kier alpha value is -4.80. The lowest BCUT2D eigenvalue weighted by Gasteiger charge is -2.19. The number of fused-ring (bicyclic) bond motifs is 1. The summed E-state index contributed by atoms with van der Waals surface area (Å²) in [5.41, 5.74) is 1.32. The van der Waals surface area contributed by atoms with Crippen molar-refractivity contribution in [1.82, 2.24) is 24.7 Å². The normalized spacial score (nSPS) is 15.7. The molecule has 0 saturated heterocycles. The molecule has 0 bridgehead atoms. The fourth-order valence-electron chi connectivity index (χ4n) is 3.91. The molecule has 1 amide bonds. The monoisotopic (exact) mass is 456 g/mol. The van der Waals surface area contributed by atoms with E-state index in [-0.39, 0.29) is 18.2 Å². The first-order valence-electron chi connectivity index (χ1n) is 10.4. The molecule has 1 aliphatic rings. The predicted molar refractivity (Wildman–Crippen MR) is 117 cm³/mol. The van der Waals surface area contributed by atoms with Gasteiger partial charge in [0.1, 0.15) is 29.6 Å². The van der Waals surface area contributed by atoms with E-state index in [1.54, 1.807) is 18.2 Å². The lowest BCUT2D eigenvalue weighted by Crippen LogP contribution is -2.33. The van der Waals surface area contributed by atoms with Gasteiger partial charge in [-0.25, -0.2) is 24.3 Å². The van der Waals surface area contributed by atoms with Crippen molar-refractivity contribution < 1.29 is 18.2 Å². The van der Waals surface area contributed by atoms with Crippen LogP contribution < -0.4 is 5.76 Å². The van der Waals surface area contributed by atoms with Gasteiger partial charge in [-0.15, -0.1) is 0 Å². The molecule has 168 valence electrons. The minimum absolute atomic E-state index is 0.0502. The summed E-state index contributed by atoms with van der Waals surface area (Å²) >= 11 is 0. The Balaban J connectivity index is 1.35. The first-order valence-corrected chi connectivity index (χ1v) is 10.4. The Morgan fingerprint density at radius 3 is 2.74 bits per heavy atom. The fourth-order valence-corrected chi connectivity index (χ4v) is 3.91. The first-order chi connectivity index (χ1) is 16.7. The summed E-state index contributed by atoms with van der Waals surface area (Å²) in [4.78, 5) is 33.8. The second-order valence-electron chi connectivity index (χ2n) is 7.60. The number of amides is 1. The number of hydrogen-bond donors (Lipinski definition) is 0. The summed E-state index contributed by atoms with van der Waals surface area (Å²) < 4.78 is 17.4. The summed E-state index contributed by atoms with van der Waals surface area (Å²) in [5, 5.41) is 10.5. The first kappa shape index (κ1) is 19.9. The van der Waals surface area contributed by atoms with E-state index in [0.29, 0.717) is 23.7 Å². The van der Waals surface area contributed by atoms with Crippen LogP contribution in [-0.2, 0) is 11.3 Å². The molecule has 1 aliphatic heterocycles. The zero-order valence-corrected chi connectivity index (χ0v) is 17.6. The maximum absolute atomic E-state index is 13.4. The SMILES string of the molecule is O=C(Cn1c(-c2ncccn2)noc1=O)N1N=C(c2cc3ccccc3o2)CC1c1ccco1. The van der Waals surface area contributed by atoms with Crippen LogP contribution in [0.4, 0.5) is 0 Å². The van der Waals surface area contributed by atoms with E-state index in [1.165, 1.54) is 23.7 Å². The molecule has 11 nitrogen and oxygen atoms in total. The lowest BCUT2D eigenvalue weighted by atomic mass is 10.1. The second kappa shape index (κ2) is 7.96. The van der Waals surface area contributed by atoms with E-state index in [1.807, 2.05) is 30.3 Å². The van der Waals surface area contributed by atoms with Gasteiger partial charge >= 0.3 is 5.76 Å². The Morgan fingerprint density at radius 2 is 1.94 bits per heavy atom.